The average Bonchev–Trinajstić information content (AvgIpc) is 2.67. The summed E-state index contributed by atoms with van der Waals surface area (Å²) >= 11 is 3.38. The first-order valence-corrected chi connectivity index (χ1v) is 10.4. The highest BCUT2D eigenvalue weighted by Crippen LogP contribution is 2.27. The number of carbonyl (C=O) groups excluding carboxylic acids is 1. The van der Waals surface area contributed by atoms with Crippen molar-refractivity contribution in [1.82, 2.24) is 9.88 Å². The fourth-order valence-electron chi connectivity index (χ4n) is 3.43. The first-order chi connectivity index (χ1) is 13.8. The maximum atomic E-state index is 12.6. The second-order valence-electron chi connectivity index (χ2n) is 8.10. The lowest BCUT2D eigenvalue weighted by Crippen LogP contribution is -2.56. The lowest BCUT2D eigenvalue weighted by molar-refractivity contribution is 0.0214. The standard InChI is InChI=1S/C22H25BrN4O2/c1-22(2,3)29-21(28)26-9-10-27(20-17(13-24)12-18(23)14-25-20)19(15-26)11-16-7-5-4-6-8-16/h4-8,12,14,19H,9-11,15H2,1-3H3. The van der Waals surface area contributed by atoms with Crippen molar-refractivity contribution in [3.8, 4) is 6.07 Å². The van der Waals surface area contributed by atoms with Crippen LogP contribution in [-0.2, 0) is 11.2 Å². The van der Waals surface area contributed by atoms with E-state index in [9.17, 15) is 10.1 Å². The predicted molar refractivity (Wildman–Crippen MR) is 116 cm³/mol. The van der Waals surface area contributed by atoms with Gasteiger partial charge in [-0.3, -0.25) is 0 Å². The summed E-state index contributed by atoms with van der Waals surface area (Å²) in [7, 11) is 0. The zero-order chi connectivity index (χ0) is 21.0. The molecule has 0 saturated carbocycles. The summed E-state index contributed by atoms with van der Waals surface area (Å²) in [6.45, 7) is 7.21. The van der Waals surface area contributed by atoms with E-state index >= 15 is 0 Å². The molecule has 1 aliphatic rings. The minimum atomic E-state index is -0.537. The van der Waals surface area contributed by atoms with Gasteiger partial charge in [0.05, 0.1) is 11.6 Å². The zero-order valence-corrected chi connectivity index (χ0v) is 18.5. The van der Waals surface area contributed by atoms with E-state index in [0.717, 1.165) is 10.9 Å². The average molecular weight is 457 g/mol. The minimum Gasteiger partial charge on any atom is -0.444 e. The first kappa shape index (κ1) is 21.1. The third-order valence-electron chi connectivity index (χ3n) is 4.67. The molecule has 7 heteroatoms. The Bertz CT molecular complexity index is 905. The van der Waals surface area contributed by atoms with Gasteiger partial charge in [0.1, 0.15) is 17.5 Å². The van der Waals surface area contributed by atoms with Crippen molar-refractivity contribution in [1.29, 1.82) is 5.26 Å². The third kappa shape index (κ3) is 5.48. The largest absolute Gasteiger partial charge is 0.444 e. The van der Waals surface area contributed by atoms with Gasteiger partial charge in [0.2, 0.25) is 0 Å². The molecule has 1 fully saturated rings. The number of benzene rings is 1. The van der Waals surface area contributed by atoms with Gasteiger partial charge in [0.15, 0.2) is 0 Å². The van der Waals surface area contributed by atoms with Crippen LogP contribution in [0.3, 0.4) is 0 Å². The molecule has 0 bridgehead atoms. The van der Waals surface area contributed by atoms with Crippen LogP contribution in [0.2, 0.25) is 0 Å². The van der Waals surface area contributed by atoms with Crippen molar-refractivity contribution in [3.63, 3.8) is 0 Å². The summed E-state index contributed by atoms with van der Waals surface area (Å²) < 4.78 is 6.34. The summed E-state index contributed by atoms with van der Waals surface area (Å²) in [6.07, 6.45) is 2.14. The third-order valence-corrected chi connectivity index (χ3v) is 5.11. The van der Waals surface area contributed by atoms with E-state index in [-0.39, 0.29) is 12.1 Å². The summed E-state index contributed by atoms with van der Waals surface area (Å²) in [5, 5.41) is 9.60. The second-order valence-corrected chi connectivity index (χ2v) is 9.02. The molecular weight excluding hydrogens is 432 g/mol. The second kappa shape index (κ2) is 8.83. The number of hydrogen-bond acceptors (Lipinski definition) is 5. The van der Waals surface area contributed by atoms with Crippen molar-refractivity contribution in [2.75, 3.05) is 24.5 Å². The molecule has 0 radical (unpaired) electrons. The minimum absolute atomic E-state index is 0.0144. The summed E-state index contributed by atoms with van der Waals surface area (Å²) in [4.78, 5) is 21.0. The normalized spacial score (nSPS) is 17.0. The van der Waals surface area contributed by atoms with Gasteiger partial charge in [-0.15, -0.1) is 0 Å². The van der Waals surface area contributed by atoms with E-state index in [1.54, 1.807) is 17.2 Å². The van der Waals surface area contributed by atoms with Gasteiger partial charge in [0.25, 0.3) is 0 Å². The smallest absolute Gasteiger partial charge is 0.410 e. The molecule has 6 nitrogen and oxygen atoms in total. The van der Waals surface area contributed by atoms with Crippen LogP contribution in [0.1, 0.15) is 31.9 Å². The maximum Gasteiger partial charge on any atom is 0.410 e. The number of hydrogen-bond donors (Lipinski definition) is 0. The Morgan fingerprint density at radius 1 is 1.31 bits per heavy atom. The van der Waals surface area contributed by atoms with Crippen molar-refractivity contribution in [2.24, 2.45) is 0 Å². The molecule has 29 heavy (non-hydrogen) atoms. The molecule has 1 atom stereocenters. The number of ether oxygens (including phenoxy) is 1. The van der Waals surface area contributed by atoms with Crippen LogP contribution in [-0.4, -0.2) is 47.3 Å². The molecule has 1 aromatic carbocycles. The molecule has 152 valence electrons. The Hall–Kier alpha value is -2.59. The van der Waals surface area contributed by atoms with Crippen molar-refractivity contribution in [3.05, 3.63) is 58.2 Å². The predicted octanol–water partition coefficient (Wildman–Crippen LogP) is 4.38. The lowest BCUT2D eigenvalue weighted by Gasteiger charge is -2.42. The zero-order valence-electron chi connectivity index (χ0n) is 16.9. The van der Waals surface area contributed by atoms with E-state index in [1.807, 2.05) is 39.0 Å². The molecule has 1 aliphatic heterocycles. The molecule has 1 aromatic heterocycles. The van der Waals surface area contributed by atoms with Crippen LogP contribution in [0, 0.1) is 11.3 Å². The molecule has 2 aromatic rings. The number of pyridine rings is 1. The van der Waals surface area contributed by atoms with Gasteiger partial charge < -0.3 is 14.5 Å². The Morgan fingerprint density at radius 2 is 2.03 bits per heavy atom. The van der Waals surface area contributed by atoms with Crippen LogP contribution in [0.15, 0.2) is 47.1 Å². The summed E-state index contributed by atoms with van der Waals surface area (Å²) in [6, 6.07) is 14.2. The molecular formula is C22H25BrN4O2. The van der Waals surface area contributed by atoms with Crippen LogP contribution in [0.25, 0.3) is 0 Å². The van der Waals surface area contributed by atoms with Gasteiger partial charge in [-0.2, -0.15) is 5.26 Å². The number of carbonyl (C=O) groups is 1. The Kier molecular flexibility index (Phi) is 6.43. The van der Waals surface area contributed by atoms with Crippen LogP contribution in [0.4, 0.5) is 10.6 Å². The van der Waals surface area contributed by atoms with E-state index in [0.29, 0.717) is 31.0 Å². The quantitative estimate of drug-likeness (QED) is 0.684. The van der Waals surface area contributed by atoms with E-state index in [1.165, 1.54) is 5.56 Å². The van der Waals surface area contributed by atoms with E-state index in [2.05, 4.69) is 44.0 Å². The molecule has 0 aliphatic carbocycles. The monoisotopic (exact) mass is 456 g/mol. The molecule has 1 amide bonds. The molecule has 3 rings (SSSR count). The molecule has 0 spiro atoms. The Morgan fingerprint density at radius 3 is 2.69 bits per heavy atom. The SMILES string of the molecule is CC(C)(C)OC(=O)N1CCN(c2ncc(Br)cc2C#N)C(Cc2ccccc2)C1. The number of nitrogens with zero attached hydrogens (tertiary/aromatic N) is 4. The van der Waals surface area contributed by atoms with Crippen molar-refractivity contribution in [2.45, 2.75) is 38.8 Å². The fourth-order valence-corrected chi connectivity index (χ4v) is 3.76. The van der Waals surface area contributed by atoms with Crippen LogP contribution in [0.5, 0.6) is 0 Å². The molecule has 1 unspecified atom stereocenters. The van der Waals surface area contributed by atoms with E-state index < -0.39 is 5.60 Å². The van der Waals surface area contributed by atoms with Crippen LogP contribution < -0.4 is 4.90 Å². The number of nitriles is 1. The molecule has 1 saturated heterocycles. The van der Waals surface area contributed by atoms with E-state index in [4.69, 9.17) is 4.74 Å². The molecule has 2 heterocycles. The number of rotatable bonds is 3. The Labute approximate surface area is 180 Å². The maximum absolute atomic E-state index is 12.6. The van der Waals surface area contributed by atoms with Gasteiger partial charge in [-0.1, -0.05) is 30.3 Å². The Balaban J connectivity index is 1.88. The number of amides is 1. The number of aromatic nitrogens is 1. The van der Waals surface area contributed by atoms with Gasteiger partial charge in [-0.25, -0.2) is 9.78 Å². The van der Waals surface area contributed by atoms with Gasteiger partial charge in [0, 0.05) is 30.3 Å². The van der Waals surface area contributed by atoms with Gasteiger partial charge >= 0.3 is 6.09 Å². The topological polar surface area (TPSA) is 69.5 Å². The fraction of sp³-hybridized carbons (Fsp3) is 0.409. The number of halogens is 1. The van der Waals surface area contributed by atoms with Crippen LogP contribution >= 0.6 is 15.9 Å². The first-order valence-electron chi connectivity index (χ1n) is 9.61. The van der Waals surface area contributed by atoms with Gasteiger partial charge in [-0.05, 0) is 54.8 Å². The highest BCUT2D eigenvalue weighted by molar-refractivity contribution is 9.10. The number of anilines is 1. The van der Waals surface area contributed by atoms with Crippen molar-refractivity contribution < 1.29 is 9.53 Å². The highest BCUT2D eigenvalue weighted by atomic mass is 79.9. The number of piperazine rings is 1. The van der Waals surface area contributed by atoms with Crippen molar-refractivity contribution >= 4 is 27.8 Å². The lowest BCUT2D eigenvalue weighted by atomic mass is 10.0. The summed E-state index contributed by atoms with van der Waals surface area (Å²) in [5.74, 6) is 0.653. The summed E-state index contributed by atoms with van der Waals surface area (Å²) in [5.41, 5.74) is 1.15. The molecule has 0 N–H and O–H groups in total. The highest BCUT2D eigenvalue weighted by Gasteiger charge is 2.33.